The molecule has 100 valence electrons. The number of carboxylic acids is 1. The zero-order chi connectivity index (χ0) is 13.2. The third kappa shape index (κ3) is 2.91. The molecule has 1 aliphatic heterocycles. The molecule has 0 radical (unpaired) electrons. The Bertz CT molecular complexity index is 432. The Morgan fingerprint density at radius 1 is 1.61 bits per heavy atom. The van der Waals surface area contributed by atoms with E-state index in [-0.39, 0.29) is 11.4 Å². The second kappa shape index (κ2) is 5.12. The lowest BCUT2D eigenvalue weighted by Gasteiger charge is -2.23. The molecule has 0 saturated carbocycles. The summed E-state index contributed by atoms with van der Waals surface area (Å²) < 4.78 is 10.9. The van der Waals surface area contributed by atoms with E-state index in [1.807, 2.05) is 0 Å². The van der Waals surface area contributed by atoms with Crippen molar-refractivity contribution in [2.24, 2.45) is 0 Å². The van der Waals surface area contributed by atoms with Gasteiger partial charge in [0.05, 0.1) is 12.1 Å². The Hall–Kier alpha value is -1.33. The van der Waals surface area contributed by atoms with Gasteiger partial charge >= 0.3 is 5.97 Å². The Kier molecular flexibility index (Phi) is 3.73. The fourth-order valence-electron chi connectivity index (χ4n) is 2.27. The molecule has 1 saturated heterocycles. The van der Waals surface area contributed by atoms with Gasteiger partial charge in [-0.3, -0.25) is 0 Å². The molecule has 1 aromatic heterocycles. The summed E-state index contributed by atoms with van der Waals surface area (Å²) in [4.78, 5) is 10.8. The van der Waals surface area contributed by atoms with E-state index in [4.69, 9.17) is 14.3 Å². The molecule has 0 aliphatic carbocycles. The largest absolute Gasteiger partial charge is 0.475 e. The summed E-state index contributed by atoms with van der Waals surface area (Å²) in [6.07, 6.45) is 2.15. The average Bonchev–Trinajstić information content (AvgIpc) is 2.86. The number of aromatic carboxylic acids is 1. The van der Waals surface area contributed by atoms with E-state index in [1.54, 1.807) is 13.0 Å². The molecule has 0 aromatic carbocycles. The second-order valence-corrected chi connectivity index (χ2v) is 5.04. The van der Waals surface area contributed by atoms with Crippen LogP contribution >= 0.6 is 0 Å². The summed E-state index contributed by atoms with van der Waals surface area (Å²) in [6.45, 7) is 5.91. The molecule has 2 heterocycles. The van der Waals surface area contributed by atoms with Crippen molar-refractivity contribution in [3.05, 3.63) is 23.2 Å². The third-order valence-electron chi connectivity index (χ3n) is 3.26. The molecule has 18 heavy (non-hydrogen) atoms. The number of nitrogens with one attached hydrogen (secondary N) is 1. The first-order chi connectivity index (χ1) is 8.50. The summed E-state index contributed by atoms with van der Waals surface area (Å²) in [5.41, 5.74) is 0.555. The van der Waals surface area contributed by atoms with Crippen LogP contribution < -0.4 is 5.32 Å². The number of carbonyl (C=O) groups is 1. The Morgan fingerprint density at radius 3 is 2.94 bits per heavy atom. The van der Waals surface area contributed by atoms with Crippen LogP contribution in [0.2, 0.25) is 0 Å². The molecule has 5 heteroatoms. The standard InChI is InChI=1S/C13H19NO4/c1-9-6-10(18-11(9)12(15)16)7-14-8-13(2)4-3-5-17-13/h6,14H,3-5,7-8H2,1-2H3,(H,15,16). The molecular formula is C13H19NO4. The quantitative estimate of drug-likeness (QED) is 0.839. The molecule has 5 nitrogen and oxygen atoms in total. The summed E-state index contributed by atoms with van der Waals surface area (Å²) in [5.74, 6) is -0.355. The molecule has 1 aliphatic rings. The van der Waals surface area contributed by atoms with Gasteiger partial charge in [-0.2, -0.15) is 0 Å². The van der Waals surface area contributed by atoms with Crippen molar-refractivity contribution in [3.63, 3.8) is 0 Å². The van der Waals surface area contributed by atoms with Crippen molar-refractivity contribution < 1.29 is 19.1 Å². The van der Waals surface area contributed by atoms with Crippen molar-refractivity contribution in [1.29, 1.82) is 0 Å². The number of aryl methyl sites for hydroxylation is 1. The maximum absolute atomic E-state index is 10.8. The molecular weight excluding hydrogens is 234 g/mol. The van der Waals surface area contributed by atoms with Gasteiger partial charge in [-0.1, -0.05) is 0 Å². The van der Waals surface area contributed by atoms with Gasteiger partial charge < -0.3 is 19.6 Å². The number of hydrogen-bond acceptors (Lipinski definition) is 4. The lowest BCUT2D eigenvalue weighted by Crippen LogP contribution is -2.36. The summed E-state index contributed by atoms with van der Waals surface area (Å²) in [6, 6.07) is 1.76. The predicted octanol–water partition coefficient (Wildman–Crippen LogP) is 1.94. The van der Waals surface area contributed by atoms with Gasteiger partial charge in [0.25, 0.3) is 0 Å². The second-order valence-electron chi connectivity index (χ2n) is 5.04. The van der Waals surface area contributed by atoms with Crippen LogP contribution in [-0.4, -0.2) is 29.8 Å². The zero-order valence-corrected chi connectivity index (χ0v) is 10.8. The molecule has 1 atom stereocenters. The van der Waals surface area contributed by atoms with E-state index < -0.39 is 5.97 Å². The van der Waals surface area contributed by atoms with Crippen LogP contribution in [0.25, 0.3) is 0 Å². The fraction of sp³-hybridized carbons (Fsp3) is 0.615. The van der Waals surface area contributed by atoms with E-state index in [0.29, 0.717) is 17.9 Å². The van der Waals surface area contributed by atoms with Gasteiger partial charge in [-0.05, 0) is 32.8 Å². The van der Waals surface area contributed by atoms with Gasteiger partial charge in [-0.25, -0.2) is 4.79 Å². The highest BCUT2D eigenvalue weighted by atomic mass is 16.5. The number of rotatable bonds is 5. The van der Waals surface area contributed by atoms with Crippen LogP contribution in [-0.2, 0) is 11.3 Å². The highest BCUT2D eigenvalue weighted by Gasteiger charge is 2.29. The number of furan rings is 1. The number of hydrogen-bond donors (Lipinski definition) is 2. The first-order valence-electron chi connectivity index (χ1n) is 6.17. The number of carboxylic acid groups (broad SMARTS) is 1. The highest BCUT2D eigenvalue weighted by molar-refractivity contribution is 5.86. The van der Waals surface area contributed by atoms with Gasteiger partial charge in [0.2, 0.25) is 5.76 Å². The van der Waals surface area contributed by atoms with Crippen LogP contribution in [0.5, 0.6) is 0 Å². The van der Waals surface area contributed by atoms with Crippen LogP contribution in [0.4, 0.5) is 0 Å². The maximum atomic E-state index is 10.8. The molecule has 0 spiro atoms. The topological polar surface area (TPSA) is 71.7 Å². The minimum atomic E-state index is -1.02. The van der Waals surface area contributed by atoms with Crippen molar-refractivity contribution in [2.45, 2.75) is 38.8 Å². The first kappa shape index (κ1) is 13.1. The first-order valence-corrected chi connectivity index (χ1v) is 6.17. The molecule has 1 fully saturated rings. The Balaban J connectivity index is 1.87. The SMILES string of the molecule is Cc1cc(CNCC2(C)CCCO2)oc1C(=O)O. The van der Waals surface area contributed by atoms with Crippen molar-refractivity contribution in [3.8, 4) is 0 Å². The molecule has 2 N–H and O–H groups in total. The van der Waals surface area contributed by atoms with Gasteiger partial charge in [0.15, 0.2) is 0 Å². The molecule has 1 unspecified atom stereocenters. The zero-order valence-electron chi connectivity index (χ0n) is 10.8. The Labute approximate surface area is 106 Å². The highest BCUT2D eigenvalue weighted by Crippen LogP contribution is 2.24. The van der Waals surface area contributed by atoms with Crippen LogP contribution in [0.1, 0.15) is 41.6 Å². The molecule has 1 aromatic rings. The normalized spacial score (nSPS) is 23.4. The van der Waals surface area contributed by atoms with Gasteiger partial charge in [0, 0.05) is 18.7 Å². The van der Waals surface area contributed by atoms with Crippen LogP contribution in [0.3, 0.4) is 0 Å². The van der Waals surface area contributed by atoms with Crippen molar-refractivity contribution in [1.82, 2.24) is 5.32 Å². The summed E-state index contributed by atoms with van der Waals surface area (Å²) >= 11 is 0. The van der Waals surface area contributed by atoms with Crippen LogP contribution in [0, 0.1) is 6.92 Å². The van der Waals surface area contributed by atoms with E-state index in [9.17, 15) is 4.79 Å². The Morgan fingerprint density at radius 2 is 2.39 bits per heavy atom. The lowest BCUT2D eigenvalue weighted by atomic mass is 10.0. The summed E-state index contributed by atoms with van der Waals surface area (Å²) in [5, 5.41) is 12.1. The summed E-state index contributed by atoms with van der Waals surface area (Å²) in [7, 11) is 0. The van der Waals surface area contributed by atoms with Gasteiger partial charge in [0.1, 0.15) is 5.76 Å². The fourth-order valence-corrected chi connectivity index (χ4v) is 2.27. The minimum absolute atomic E-state index is 0.0233. The number of ether oxygens (including phenoxy) is 1. The minimum Gasteiger partial charge on any atom is -0.475 e. The maximum Gasteiger partial charge on any atom is 0.372 e. The average molecular weight is 253 g/mol. The van der Waals surface area contributed by atoms with E-state index in [0.717, 1.165) is 26.0 Å². The van der Waals surface area contributed by atoms with E-state index >= 15 is 0 Å². The smallest absolute Gasteiger partial charge is 0.372 e. The lowest BCUT2D eigenvalue weighted by molar-refractivity contribution is 0.0203. The predicted molar refractivity (Wildman–Crippen MR) is 65.7 cm³/mol. The molecule has 0 bridgehead atoms. The third-order valence-corrected chi connectivity index (χ3v) is 3.26. The molecule has 2 rings (SSSR count). The van der Waals surface area contributed by atoms with Crippen molar-refractivity contribution in [2.75, 3.05) is 13.2 Å². The van der Waals surface area contributed by atoms with E-state index in [1.165, 1.54) is 0 Å². The monoisotopic (exact) mass is 253 g/mol. The van der Waals surface area contributed by atoms with Gasteiger partial charge in [-0.15, -0.1) is 0 Å². The van der Waals surface area contributed by atoms with Crippen molar-refractivity contribution >= 4 is 5.97 Å². The van der Waals surface area contributed by atoms with E-state index in [2.05, 4.69) is 12.2 Å². The molecule has 0 amide bonds. The van der Waals surface area contributed by atoms with Crippen LogP contribution in [0.15, 0.2) is 10.5 Å².